The van der Waals surface area contributed by atoms with Gasteiger partial charge in [-0.1, -0.05) is 72.3 Å². The summed E-state index contributed by atoms with van der Waals surface area (Å²) in [7, 11) is 0. The van der Waals surface area contributed by atoms with Crippen LogP contribution in [-0.2, 0) is 27.2 Å². The van der Waals surface area contributed by atoms with E-state index in [0.717, 1.165) is 11.1 Å². The van der Waals surface area contributed by atoms with Crippen molar-refractivity contribution in [1.82, 2.24) is 10.6 Å². The van der Waals surface area contributed by atoms with Gasteiger partial charge in [0.2, 0.25) is 0 Å². The molecule has 1 atom stereocenters. The van der Waals surface area contributed by atoms with Crippen LogP contribution in [0.25, 0.3) is 0 Å². The molecular weight excluding hydrogens is 440 g/mol. The van der Waals surface area contributed by atoms with E-state index in [1.807, 2.05) is 42.5 Å². The van der Waals surface area contributed by atoms with Gasteiger partial charge < -0.3 is 15.4 Å². The molecule has 3 rings (SSSR count). The van der Waals surface area contributed by atoms with Crippen molar-refractivity contribution in [2.45, 2.75) is 18.9 Å². The number of benzene rings is 3. The maximum absolute atomic E-state index is 12.7. The van der Waals surface area contributed by atoms with E-state index in [4.69, 9.17) is 16.3 Å². The number of amides is 2. The number of hydrogen-bond acceptors (Lipinski definition) is 4. The van der Waals surface area contributed by atoms with Crippen LogP contribution >= 0.6 is 11.6 Å². The average molecular weight is 465 g/mol. The molecule has 0 spiro atoms. The van der Waals surface area contributed by atoms with Crippen molar-refractivity contribution < 1.29 is 19.1 Å². The van der Waals surface area contributed by atoms with Crippen molar-refractivity contribution in [3.63, 3.8) is 0 Å². The van der Waals surface area contributed by atoms with Gasteiger partial charge in [-0.3, -0.25) is 9.59 Å². The highest BCUT2D eigenvalue weighted by atomic mass is 35.5. The number of carbonyl (C=O) groups excluding carboxylic acids is 3. The maximum atomic E-state index is 12.7. The zero-order valence-electron chi connectivity index (χ0n) is 18.0. The molecule has 0 heterocycles. The topological polar surface area (TPSA) is 84.5 Å². The normalized spacial score (nSPS) is 11.3. The molecule has 0 radical (unpaired) electrons. The van der Waals surface area contributed by atoms with Crippen molar-refractivity contribution in [3.05, 3.63) is 107 Å². The summed E-state index contributed by atoms with van der Waals surface area (Å²) in [5.74, 6) is -1.47. The Balaban J connectivity index is 1.53. The van der Waals surface area contributed by atoms with Crippen LogP contribution in [0.5, 0.6) is 0 Å². The summed E-state index contributed by atoms with van der Waals surface area (Å²) in [6.45, 7) is -0.0256. The molecule has 6 nitrogen and oxygen atoms in total. The smallest absolute Gasteiger partial charge is 0.329 e. The first-order valence-electron chi connectivity index (χ1n) is 10.6. The van der Waals surface area contributed by atoms with Gasteiger partial charge in [0, 0.05) is 23.6 Å². The quantitative estimate of drug-likeness (QED) is 0.449. The highest BCUT2D eigenvalue weighted by Crippen LogP contribution is 2.10. The van der Waals surface area contributed by atoms with Crippen LogP contribution in [-0.4, -0.2) is 37.0 Å². The van der Waals surface area contributed by atoms with Crippen molar-refractivity contribution in [2.24, 2.45) is 0 Å². The first kappa shape index (κ1) is 24.0. The lowest BCUT2D eigenvalue weighted by Crippen LogP contribution is -2.44. The molecule has 2 amide bonds. The number of ether oxygens (including phenoxy) is 1. The van der Waals surface area contributed by atoms with Crippen LogP contribution in [0.2, 0.25) is 5.02 Å². The second kappa shape index (κ2) is 12.4. The highest BCUT2D eigenvalue weighted by Gasteiger charge is 2.24. The molecule has 1 unspecified atom stereocenters. The van der Waals surface area contributed by atoms with Crippen molar-refractivity contribution in [1.29, 1.82) is 0 Å². The van der Waals surface area contributed by atoms with Gasteiger partial charge in [-0.15, -0.1) is 0 Å². The molecule has 0 saturated carbocycles. The Hall–Kier alpha value is -3.64. The molecule has 0 bridgehead atoms. The lowest BCUT2D eigenvalue weighted by atomic mass is 10.1. The fourth-order valence-corrected chi connectivity index (χ4v) is 3.29. The third kappa shape index (κ3) is 8.09. The van der Waals surface area contributed by atoms with E-state index >= 15 is 0 Å². The Morgan fingerprint density at radius 2 is 1.45 bits per heavy atom. The van der Waals surface area contributed by atoms with E-state index in [1.165, 1.54) is 0 Å². The fraction of sp³-hybridized carbons (Fsp3) is 0.192. The summed E-state index contributed by atoms with van der Waals surface area (Å²) >= 11 is 5.87. The third-order valence-corrected chi connectivity index (χ3v) is 5.16. The zero-order chi connectivity index (χ0) is 23.5. The van der Waals surface area contributed by atoms with Crippen LogP contribution < -0.4 is 10.6 Å². The fourth-order valence-electron chi connectivity index (χ4n) is 3.16. The first-order chi connectivity index (χ1) is 16.0. The Labute approximate surface area is 197 Å². The lowest BCUT2D eigenvalue weighted by molar-refractivity contribution is -0.150. The number of hydrogen-bond donors (Lipinski definition) is 2. The van der Waals surface area contributed by atoms with Crippen molar-refractivity contribution >= 4 is 29.4 Å². The summed E-state index contributed by atoms with van der Waals surface area (Å²) in [5, 5.41) is 6.09. The van der Waals surface area contributed by atoms with E-state index in [9.17, 15) is 14.4 Å². The number of carbonyl (C=O) groups is 3. The van der Waals surface area contributed by atoms with Crippen LogP contribution in [0.3, 0.4) is 0 Å². The Kier molecular flexibility index (Phi) is 9.03. The minimum Gasteiger partial charge on any atom is -0.454 e. The summed E-state index contributed by atoms with van der Waals surface area (Å²) in [5.41, 5.74) is 2.33. The molecule has 3 aromatic rings. The van der Waals surface area contributed by atoms with Crippen LogP contribution in [0.15, 0.2) is 84.9 Å². The molecule has 0 saturated heterocycles. The van der Waals surface area contributed by atoms with Gasteiger partial charge >= 0.3 is 5.97 Å². The molecule has 0 aliphatic heterocycles. The minimum atomic E-state index is -0.929. The van der Waals surface area contributed by atoms with Crippen LogP contribution in [0.4, 0.5) is 0 Å². The Morgan fingerprint density at radius 3 is 2.12 bits per heavy atom. The van der Waals surface area contributed by atoms with E-state index in [2.05, 4.69) is 10.6 Å². The average Bonchev–Trinajstić information content (AvgIpc) is 2.84. The number of esters is 1. The summed E-state index contributed by atoms with van der Waals surface area (Å²) in [6.07, 6.45) is 0.872. The molecule has 2 N–H and O–H groups in total. The molecular formula is C26H25ClN2O4. The summed E-state index contributed by atoms with van der Waals surface area (Å²) in [6, 6.07) is 24.3. The van der Waals surface area contributed by atoms with Gasteiger partial charge in [-0.2, -0.15) is 0 Å². The number of nitrogens with one attached hydrogen (secondary N) is 2. The highest BCUT2D eigenvalue weighted by molar-refractivity contribution is 6.30. The second-order valence-corrected chi connectivity index (χ2v) is 7.85. The minimum absolute atomic E-state index is 0.246. The van der Waals surface area contributed by atoms with Crippen molar-refractivity contribution in [3.8, 4) is 0 Å². The van der Waals surface area contributed by atoms with Crippen LogP contribution in [0, 0.1) is 0 Å². The largest absolute Gasteiger partial charge is 0.454 e. The second-order valence-electron chi connectivity index (χ2n) is 7.42. The molecule has 7 heteroatoms. The predicted molar refractivity (Wildman–Crippen MR) is 127 cm³/mol. The monoisotopic (exact) mass is 464 g/mol. The third-order valence-electron chi connectivity index (χ3n) is 4.90. The van der Waals surface area contributed by atoms with E-state index in [-0.39, 0.29) is 12.3 Å². The first-order valence-corrected chi connectivity index (χ1v) is 11.0. The molecule has 0 aliphatic carbocycles. The Bertz CT molecular complexity index is 1060. The van der Waals surface area contributed by atoms with Crippen molar-refractivity contribution in [2.75, 3.05) is 13.2 Å². The molecule has 0 fully saturated rings. The summed E-state index contributed by atoms with van der Waals surface area (Å²) < 4.78 is 5.21. The Morgan fingerprint density at radius 1 is 0.818 bits per heavy atom. The SMILES string of the molecule is O=C(COC(=O)C(Cc1ccccc1)NC(=O)c1ccccc1)NCCc1ccc(Cl)cc1. The van der Waals surface area contributed by atoms with E-state index in [1.54, 1.807) is 42.5 Å². The predicted octanol–water partition coefficient (Wildman–Crippen LogP) is 3.58. The van der Waals surface area contributed by atoms with Crippen LogP contribution in [0.1, 0.15) is 21.5 Å². The summed E-state index contributed by atoms with van der Waals surface area (Å²) in [4.78, 5) is 37.4. The molecule has 0 aliphatic rings. The lowest BCUT2D eigenvalue weighted by Gasteiger charge is -2.18. The van der Waals surface area contributed by atoms with E-state index in [0.29, 0.717) is 23.6 Å². The zero-order valence-corrected chi connectivity index (χ0v) is 18.8. The van der Waals surface area contributed by atoms with Gasteiger partial charge in [0.1, 0.15) is 6.04 Å². The molecule has 170 valence electrons. The number of halogens is 1. The van der Waals surface area contributed by atoms with Gasteiger partial charge in [-0.25, -0.2) is 4.79 Å². The van der Waals surface area contributed by atoms with Gasteiger partial charge in [-0.05, 0) is 41.8 Å². The number of rotatable bonds is 10. The maximum Gasteiger partial charge on any atom is 0.329 e. The molecule has 33 heavy (non-hydrogen) atoms. The van der Waals surface area contributed by atoms with E-state index < -0.39 is 24.5 Å². The van der Waals surface area contributed by atoms with Gasteiger partial charge in [0.15, 0.2) is 6.61 Å². The molecule has 3 aromatic carbocycles. The van der Waals surface area contributed by atoms with Gasteiger partial charge in [0.05, 0.1) is 0 Å². The molecule has 0 aromatic heterocycles. The standard InChI is InChI=1S/C26H25ClN2O4/c27-22-13-11-19(12-14-22)15-16-28-24(30)18-33-26(32)23(17-20-7-3-1-4-8-20)29-25(31)21-9-5-2-6-10-21/h1-14,23H,15-18H2,(H,28,30)(H,29,31). The van der Waals surface area contributed by atoms with Gasteiger partial charge in [0.25, 0.3) is 11.8 Å².